The quantitative estimate of drug-likeness (QED) is 0.645. The summed E-state index contributed by atoms with van der Waals surface area (Å²) in [6.45, 7) is 14.8. The van der Waals surface area contributed by atoms with Crippen LogP contribution in [0.5, 0.6) is 0 Å². The van der Waals surface area contributed by atoms with Gasteiger partial charge in [0.05, 0.1) is 0 Å². The lowest BCUT2D eigenvalue weighted by molar-refractivity contribution is 0.553. The van der Waals surface area contributed by atoms with Crippen molar-refractivity contribution < 1.29 is 0 Å². The van der Waals surface area contributed by atoms with Crippen molar-refractivity contribution in [1.29, 1.82) is 0 Å². The van der Waals surface area contributed by atoms with Gasteiger partial charge in [-0.15, -0.1) is 0 Å². The van der Waals surface area contributed by atoms with Crippen LogP contribution in [0.2, 0.25) is 0 Å². The van der Waals surface area contributed by atoms with Crippen LogP contribution in [0.1, 0.15) is 71.6 Å². The molecule has 1 heteroatoms. The minimum Gasteiger partial charge on any atom is -0.310 e. The van der Waals surface area contributed by atoms with Crippen LogP contribution in [0.15, 0.2) is 41.0 Å². The van der Waals surface area contributed by atoms with Gasteiger partial charge in [0, 0.05) is 12.0 Å². The Morgan fingerprint density at radius 1 is 1.09 bits per heavy atom. The normalized spacial score (nSPS) is 20.0. The van der Waals surface area contributed by atoms with E-state index >= 15 is 0 Å². The van der Waals surface area contributed by atoms with E-state index in [0.717, 1.165) is 6.54 Å². The van der Waals surface area contributed by atoms with Crippen molar-refractivity contribution in [3.8, 4) is 0 Å². The third-order valence-electron chi connectivity index (χ3n) is 5.34. The summed E-state index contributed by atoms with van der Waals surface area (Å²) in [5, 5.41) is 3.68. The molecular weight excluding hydrogens is 266 g/mol. The van der Waals surface area contributed by atoms with Crippen LogP contribution in [0, 0.1) is 5.92 Å². The molecule has 0 saturated carbocycles. The zero-order chi connectivity index (χ0) is 16.3. The number of benzene rings is 1. The van der Waals surface area contributed by atoms with Crippen molar-refractivity contribution >= 4 is 5.57 Å². The zero-order valence-corrected chi connectivity index (χ0v) is 15.1. The van der Waals surface area contributed by atoms with Crippen molar-refractivity contribution in [2.45, 2.75) is 60.4 Å². The van der Waals surface area contributed by atoms with Gasteiger partial charge in [-0.25, -0.2) is 0 Å². The van der Waals surface area contributed by atoms with Crippen LogP contribution >= 0.6 is 0 Å². The molecule has 1 aromatic rings. The van der Waals surface area contributed by atoms with Crippen LogP contribution in [0.3, 0.4) is 0 Å². The molecule has 1 aromatic carbocycles. The second-order valence-electron chi connectivity index (χ2n) is 6.68. The smallest absolute Gasteiger partial charge is 0.0297 e. The largest absolute Gasteiger partial charge is 0.310 e. The van der Waals surface area contributed by atoms with E-state index in [1.54, 1.807) is 0 Å². The summed E-state index contributed by atoms with van der Waals surface area (Å²) in [5.41, 5.74) is 8.85. The molecule has 0 heterocycles. The number of unbranched alkanes of at least 4 members (excludes halogenated alkanes) is 1. The SMILES string of the molecule is CCCCNC(C)c1ccccc1C1=C(C)C(C)=C(C)C1C. The summed E-state index contributed by atoms with van der Waals surface area (Å²) in [7, 11) is 0. The molecule has 1 N–H and O–H groups in total. The van der Waals surface area contributed by atoms with Crippen molar-refractivity contribution in [1.82, 2.24) is 5.32 Å². The number of hydrogen-bond acceptors (Lipinski definition) is 1. The molecule has 1 aliphatic rings. The molecule has 120 valence electrons. The summed E-state index contributed by atoms with van der Waals surface area (Å²) in [6, 6.07) is 9.33. The Bertz CT molecular complexity index is 592. The molecule has 0 aromatic heterocycles. The molecule has 22 heavy (non-hydrogen) atoms. The van der Waals surface area contributed by atoms with E-state index in [4.69, 9.17) is 0 Å². The van der Waals surface area contributed by atoms with Gasteiger partial charge in [-0.1, -0.05) is 50.1 Å². The third kappa shape index (κ3) is 3.20. The summed E-state index contributed by atoms with van der Waals surface area (Å²) in [4.78, 5) is 0. The van der Waals surface area contributed by atoms with E-state index in [2.05, 4.69) is 71.1 Å². The molecule has 0 aliphatic heterocycles. The summed E-state index contributed by atoms with van der Waals surface area (Å²) in [6.07, 6.45) is 2.48. The van der Waals surface area contributed by atoms with Crippen molar-refractivity contribution in [2.24, 2.45) is 5.92 Å². The Balaban J connectivity index is 2.34. The van der Waals surface area contributed by atoms with Gasteiger partial charge in [-0.05, 0) is 68.5 Å². The first-order valence-corrected chi connectivity index (χ1v) is 8.70. The van der Waals surface area contributed by atoms with Crippen LogP contribution in [-0.4, -0.2) is 6.54 Å². The standard InChI is InChI=1S/C21H31N/c1-7-8-13-22-18(6)19-11-9-10-12-20(19)21-16(4)14(2)15(3)17(21)5/h9-12,16,18,22H,7-8,13H2,1-6H3. The van der Waals surface area contributed by atoms with E-state index in [-0.39, 0.29) is 0 Å². The van der Waals surface area contributed by atoms with Crippen molar-refractivity contribution in [3.63, 3.8) is 0 Å². The maximum absolute atomic E-state index is 3.68. The lowest BCUT2D eigenvalue weighted by atomic mass is 9.87. The Morgan fingerprint density at radius 3 is 2.36 bits per heavy atom. The first kappa shape index (κ1) is 17.0. The van der Waals surface area contributed by atoms with Crippen LogP contribution in [0.25, 0.3) is 5.57 Å². The molecule has 0 bridgehead atoms. The highest BCUT2D eigenvalue weighted by Gasteiger charge is 2.26. The van der Waals surface area contributed by atoms with E-state index < -0.39 is 0 Å². The van der Waals surface area contributed by atoms with Crippen LogP contribution < -0.4 is 5.32 Å². The second kappa shape index (κ2) is 7.28. The average Bonchev–Trinajstić information content (AvgIpc) is 2.71. The third-order valence-corrected chi connectivity index (χ3v) is 5.34. The molecule has 2 unspecified atom stereocenters. The molecule has 0 saturated heterocycles. The first-order valence-electron chi connectivity index (χ1n) is 8.70. The maximum atomic E-state index is 3.68. The van der Waals surface area contributed by atoms with Crippen LogP contribution in [0.4, 0.5) is 0 Å². The zero-order valence-electron chi connectivity index (χ0n) is 15.1. The van der Waals surface area contributed by atoms with Gasteiger partial charge in [-0.3, -0.25) is 0 Å². The summed E-state index contributed by atoms with van der Waals surface area (Å²) in [5.74, 6) is 0.531. The molecule has 2 rings (SSSR count). The molecule has 2 atom stereocenters. The van der Waals surface area contributed by atoms with Crippen LogP contribution in [-0.2, 0) is 0 Å². The Hall–Kier alpha value is -1.34. The summed E-state index contributed by atoms with van der Waals surface area (Å²) >= 11 is 0. The highest BCUT2D eigenvalue weighted by molar-refractivity contribution is 5.81. The molecule has 1 nitrogen and oxygen atoms in total. The molecule has 0 fully saturated rings. The Morgan fingerprint density at radius 2 is 1.77 bits per heavy atom. The Kier molecular flexibility index (Phi) is 5.63. The van der Waals surface area contributed by atoms with Gasteiger partial charge in [0.25, 0.3) is 0 Å². The molecule has 0 radical (unpaired) electrons. The number of nitrogens with one attached hydrogen (secondary N) is 1. The molecular formula is C21H31N. The van der Waals surface area contributed by atoms with Crippen molar-refractivity contribution in [3.05, 3.63) is 52.1 Å². The molecule has 1 aliphatic carbocycles. The summed E-state index contributed by atoms with van der Waals surface area (Å²) < 4.78 is 0. The minimum absolute atomic E-state index is 0.400. The van der Waals surface area contributed by atoms with Gasteiger partial charge in [0.2, 0.25) is 0 Å². The minimum atomic E-state index is 0.400. The van der Waals surface area contributed by atoms with Crippen molar-refractivity contribution in [2.75, 3.05) is 6.54 Å². The Labute approximate surface area is 136 Å². The fourth-order valence-electron chi connectivity index (χ4n) is 3.52. The topological polar surface area (TPSA) is 12.0 Å². The van der Waals surface area contributed by atoms with E-state index in [0.29, 0.717) is 12.0 Å². The monoisotopic (exact) mass is 297 g/mol. The molecule has 0 amide bonds. The molecule has 0 spiro atoms. The lowest BCUT2D eigenvalue weighted by Gasteiger charge is -2.22. The predicted molar refractivity (Wildman–Crippen MR) is 97.9 cm³/mol. The van der Waals surface area contributed by atoms with Gasteiger partial charge < -0.3 is 5.32 Å². The fourth-order valence-corrected chi connectivity index (χ4v) is 3.52. The van der Waals surface area contributed by atoms with E-state index in [1.165, 1.54) is 46.3 Å². The van der Waals surface area contributed by atoms with E-state index in [1.807, 2.05) is 0 Å². The number of allylic oxidation sites excluding steroid dienone is 4. The highest BCUT2D eigenvalue weighted by atomic mass is 14.9. The lowest BCUT2D eigenvalue weighted by Crippen LogP contribution is -2.21. The second-order valence-corrected chi connectivity index (χ2v) is 6.68. The van der Waals surface area contributed by atoms with E-state index in [9.17, 15) is 0 Å². The first-order chi connectivity index (χ1) is 10.5. The maximum Gasteiger partial charge on any atom is 0.0297 e. The highest BCUT2D eigenvalue weighted by Crippen LogP contribution is 2.43. The number of rotatable bonds is 6. The number of hydrogen-bond donors (Lipinski definition) is 1. The van der Waals surface area contributed by atoms with Gasteiger partial charge in [-0.2, -0.15) is 0 Å². The fraction of sp³-hybridized carbons (Fsp3) is 0.524. The average molecular weight is 297 g/mol. The predicted octanol–water partition coefficient (Wildman–Crippen LogP) is 5.90. The van der Waals surface area contributed by atoms with Gasteiger partial charge in [0.1, 0.15) is 0 Å². The van der Waals surface area contributed by atoms with Gasteiger partial charge >= 0.3 is 0 Å². The van der Waals surface area contributed by atoms with Gasteiger partial charge in [0.15, 0.2) is 0 Å².